The third kappa shape index (κ3) is 5.40. The van der Waals surface area contributed by atoms with E-state index in [9.17, 15) is 13.6 Å². The van der Waals surface area contributed by atoms with Gasteiger partial charge in [0.2, 0.25) is 0 Å². The number of halogens is 2. The normalized spacial score (nSPS) is 15.5. The fourth-order valence-electron chi connectivity index (χ4n) is 4.47. The van der Waals surface area contributed by atoms with Crippen LogP contribution in [-0.2, 0) is 0 Å². The molecule has 2 aliphatic heterocycles. The molecule has 0 atom stereocenters. The minimum absolute atomic E-state index is 0.0205. The highest BCUT2D eigenvalue weighted by molar-refractivity contribution is 6.05. The Hall–Kier alpha value is -4.41. The van der Waals surface area contributed by atoms with Crippen LogP contribution >= 0.6 is 0 Å². The number of carbonyl (C=O) groups is 1. The average Bonchev–Trinajstić information content (AvgIpc) is 2.90. The molecule has 7 N–H and O–H groups in total. The molecule has 0 radical (unpaired) electrons. The highest BCUT2D eigenvalue weighted by Crippen LogP contribution is 2.33. The maximum Gasteiger partial charge on any atom is 0.258 e. The van der Waals surface area contributed by atoms with E-state index < -0.39 is 23.1 Å². The SMILES string of the molecule is COc1cc(NC(=O)c2ccc(C3=CCN(C(=N)N)CC3)c(F)c2F)ccc1C1=CCN(C(=N)N)CC1. The molecular formula is C26H29F2N7O2. The first-order valence-corrected chi connectivity index (χ1v) is 11.7. The molecule has 1 amide bonds. The van der Waals surface area contributed by atoms with Crippen LogP contribution in [0, 0.1) is 22.5 Å². The van der Waals surface area contributed by atoms with Crippen molar-refractivity contribution in [2.24, 2.45) is 11.5 Å². The molecule has 2 aromatic carbocycles. The summed E-state index contributed by atoms with van der Waals surface area (Å²) in [5.74, 6) is -2.64. The van der Waals surface area contributed by atoms with Crippen LogP contribution in [0.1, 0.15) is 34.3 Å². The van der Waals surface area contributed by atoms with Crippen molar-refractivity contribution >= 4 is 34.7 Å². The summed E-state index contributed by atoms with van der Waals surface area (Å²) in [6.07, 6.45) is 4.74. The molecule has 0 aliphatic carbocycles. The van der Waals surface area contributed by atoms with Crippen LogP contribution in [0.15, 0.2) is 42.5 Å². The quantitative estimate of drug-likeness (QED) is 0.309. The summed E-state index contributed by atoms with van der Waals surface area (Å²) in [5.41, 5.74) is 13.6. The molecule has 0 saturated heterocycles. The summed E-state index contributed by atoms with van der Waals surface area (Å²) in [7, 11) is 1.51. The molecule has 0 bridgehead atoms. The Labute approximate surface area is 213 Å². The number of methoxy groups -OCH3 is 1. The fraction of sp³-hybridized carbons (Fsp3) is 0.269. The lowest BCUT2D eigenvalue weighted by atomic mass is 9.97. The van der Waals surface area contributed by atoms with Crippen molar-refractivity contribution in [2.75, 3.05) is 38.6 Å². The van der Waals surface area contributed by atoms with E-state index in [1.54, 1.807) is 34.1 Å². The van der Waals surface area contributed by atoms with E-state index in [2.05, 4.69) is 5.32 Å². The number of nitrogens with one attached hydrogen (secondary N) is 3. The zero-order valence-electron chi connectivity index (χ0n) is 20.4. The minimum Gasteiger partial charge on any atom is -0.496 e. The Bertz CT molecular complexity index is 1320. The van der Waals surface area contributed by atoms with Gasteiger partial charge in [0.1, 0.15) is 5.75 Å². The molecular weight excluding hydrogens is 480 g/mol. The topological polar surface area (TPSA) is 145 Å². The van der Waals surface area contributed by atoms with Gasteiger partial charge < -0.3 is 31.3 Å². The Morgan fingerprint density at radius 3 is 2.00 bits per heavy atom. The maximum atomic E-state index is 14.9. The molecule has 11 heteroatoms. The Kier molecular flexibility index (Phi) is 7.42. The average molecular weight is 510 g/mol. The number of ether oxygens (including phenoxy) is 1. The molecule has 2 heterocycles. The van der Waals surface area contributed by atoms with Crippen molar-refractivity contribution in [3.63, 3.8) is 0 Å². The van der Waals surface area contributed by atoms with Crippen LogP contribution in [0.5, 0.6) is 5.75 Å². The largest absolute Gasteiger partial charge is 0.496 e. The van der Waals surface area contributed by atoms with Gasteiger partial charge >= 0.3 is 0 Å². The lowest BCUT2D eigenvalue weighted by Crippen LogP contribution is -2.39. The Morgan fingerprint density at radius 2 is 1.49 bits per heavy atom. The molecule has 4 rings (SSSR count). The van der Waals surface area contributed by atoms with Crippen LogP contribution in [-0.4, -0.2) is 60.9 Å². The van der Waals surface area contributed by atoms with Gasteiger partial charge in [0.25, 0.3) is 5.91 Å². The minimum atomic E-state index is -1.23. The van der Waals surface area contributed by atoms with E-state index in [1.807, 2.05) is 6.08 Å². The third-order valence-corrected chi connectivity index (χ3v) is 6.58. The number of nitrogens with zero attached hydrogens (tertiary/aromatic N) is 2. The van der Waals surface area contributed by atoms with Crippen LogP contribution in [0.25, 0.3) is 11.1 Å². The number of rotatable bonds is 5. The van der Waals surface area contributed by atoms with Crippen LogP contribution in [0.2, 0.25) is 0 Å². The summed E-state index contributed by atoms with van der Waals surface area (Å²) in [6.45, 7) is 1.88. The molecule has 0 fully saturated rings. The van der Waals surface area contributed by atoms with Crippen molar-refractivity contribution < 1.29 is 18.3 Å². The predicted octanol–water partition coefficient (Wildman–Crippen LogP) is 3.19. The van der Waals surface area contributed by atoms with Crippen molar-refractivity contribution in [3.8, 4) is 5.75 Å². The number of amides is 1. The molecule has 9 nitrogen and oxygen atoms in total. The van der Waals surface area contributed by atoms with Crippen LogP contribution < -0.4 is 21.5 Å². The molecule has 37 heavy (non-hydrogen) atoms. The van der Waals surface area contributed by atoms with E-state index >= 15 is 0 Å². The fourth-order valence-corrected chi connectivity index (χ4v) is 4.47. The number of carbonyl (C=O) groups excluding carboxylic acids is 1. The number of hydrogen-bond acceptors (Lipinski definition) is 4. The van der Waals surface area contributed by atoms with E-state index in [-0.39, 0.29) is 17.5 Å². The lowest BCUT2D eigenvalue weighted by Gasteiger charge is -2.27. The zero-order valence-corrected chi connectivity index (χ0v) is 20.4. The standard InChI is InChI=1S/C26H29F2N7O2/c1-37-21-14-17(2-3-18(21)15-6-10-34(11-7-15)25(29)30)33-24(36)20-5-4-19(22(27)23(20)28)16-8-12-35(13-9-16)26(31)32/h2-6,8,14H,7,9-13H2,1H3,(H3,29,30)(H3,31,32)(H,33,36). The van der Waals surface area contributed by atoms with Gasteiger partial charge in [-0.05, 0) is 42.2 Å². The zero-order chi connectivity index (χ0) is 26.7. The first-order chi connectivity index (χ1) is 17.7. The van der Waals surface area contributed by atoms with Crippen LogP contribution in [0.3, 0.4) is 0 Å². The number of benzene rings is 2. The molecule has 0 aromatic heterocycles. The van der Waals surface area contributed by atoms with E-state index in [1.165, 1.54) is 19.2 Å². The van der Waals surface area contributed by atoms with Gasteiger partial charge in [-0.1, -0.05) is 18.2 Å². The molecule has 194 valence electrons. The smallest absolute Gasteiger partial charge is 0.258 e. The van der Waals surface area contributed by atoms with Crippen molar-refractivity contribution in [3.05, 3.63) is 70.8 Å². The lowest BCUT2D eigenvalue weighted by molar-refractivity contribution is 0.102. The second-order valence-electron chi connectivity index (χ2n) is 8.78. The molecule has 2 aromatic rings. The van der Waals surface area contributed by atoms with Gasteiger partial charge in [-0.15, -0.1) is 0 Å². The second kappa shape index (κ2) is 10.7. The summed E-state index contributed by atoms with van der Waals surface area (Å²) in [5, 5.41) is 17.7. The van der Waals surface area contributed by atoms with Crippen molar-refractivity contribution in [2.45, 2.75) is 12.8 Å². The second-order valence-corrected chi connectivity index (χ2v) is 8.78. The van der Waals surface area contributed by atoms with Gasteiger partial charge in [-0.25, -0.2) is 8.78 Å². The number of nitrogens with two attached hydrogens (primary N) is 2. The highest BCUT2D eigenvalue weighted by Gasteiger charge is 2.23. The molecule has 2 aliphatic rings. The molecule has 0 unspecified atom stereocenters. The number of anilines is 1. The van der Waals surface area contributed by atoms with Gasteiger partial charge in [-0.3, -0.25) is 15.6 Å². The van der Waals surface area contributed by atoms with Gasteiger partial charge in [0.05, 0.1) is 12.7 Å². The van der Waals surface area contributed by atoms with E-state index in [0.717, 1.165) is 11.1 Å². The Balaban J connectivity index is 1.51. The third-order valence-electron chi connectivity index (χ3n) is 6.58. The summed E-state index contributed by atoms with van der Waals surface area (Å²) < 4.78 is 35.4. The monoisotopic (exact) mass is 509 g/mol. The van der Waals surface area contributed by atoms with Gasteiger partial charge in [0.15, 0.2) is 23.6 Å². The highest BCUT2D eigenvalue weighted by atomic mass is 19.2. The van der Waals surface area contributed by atoms with Gasteiger partial charge in [0, 0.05) is 49.1 Å². The maximum absolute atomic E-state index is 14.9. The summed E-state index contributed by atoms with van der Waals surface area (Å²) >= 11 is 0. The molecule has 0 spiro atoms. The summed E-state index contributed by atoms with van der Waals surface area (Å²) in [6, 6.07) is 7.75. The van der Waals surface area contributed by atoms with Crippen LogP contribution in [0.4, 0.5) is 14.5 Å². The number of hydrogen-bond donors (Lipinski definition) is 5. The van der Waals surface area contributed by atoms with Crippen molar-refractivity contribution in [1.29, 1.82) is 10.8 Å². The molecule has 0 saturated carbocycles. The van der Waals surface area contributed by atoms with E-state index in [4.69, 9.17) is 27.0 Å². The summed E-state index contributed by atoms with van der Waals surface area (Å²) in [4.78, 5) is 16.2. The Morgan fingerprint density at radius 1 is 0.919 bits per heavy atom. The first kappa shape index (κ1) is 25.7. The van der Waals surface area contributed by atoms with Gasteiger partial charge in [-0.2, -0.15) is 0 Å². The van der Waals surface area contributed by atoms with E-state index in [0.29, 0.717) is 56.0 Å². The van der Waals surface area contributed by atoms with Crippen molar-refractivity contribution in [1.82, 2.24) is 9.80 Å². The first-order valence-electron chi connectivity index (χ1n) is 11.7. The number of guanidine groups is 2. The predicted molar refractivity (Wildman–Crippen MR) is 139 cm³/mol.